The molecule has 0 fully saturated rings. The number of nitrogens with zero attached hydrogens (tertiary/aromatic N) is 2. The fraction of sp³-hybridized carbons (Fsp3) is 0.615. The van der Waals surface area contributed by atoms with Crippen LogP contribution >= 0.6 is 0 Å². The predicted octanol–water partition coefficient (Wildman–Crippen LogP) is 1.11. The average Bonchev–Trinajstić information content (AvgIpc) is 2.71. The van der Waals surface area contributed by atoms with Crippen LogP contribution in [0.4, 0.5) is 4.79 Å². The van der Waals surface area contributed by atoms with Crippen LogP contribution in [0.1, 0.15) is 33.5 Å². The maximum absolute atomic E-state index is 11.9. The standard InChI is InChI=1S/C13H22N4O3/c1-12(2,10(18)19)13(3,4)16-11(20)15-8-9-14-6-7-17(9)5/h6-7H,8H2,1-5H3,(H,18,19)(H2,15,16,20). The zero-order valence-electron chi connectivity index (χ0n) is 12.5. The van der Waals surface area contributed by atoms with E-state index in [9.17, 15) is 14.7 Å². The fourth-order valence-corrected chi connectivity index (χ4v) is 1.48. The quantitative estimate of drug-likeness (QED) is 0.753. The SMILES string of the molecule is Cn1ccnc1CNC(=O)NC(C)(C)C(C)(C)C(=O)O. The van der Waals surface area contributed by atoms with Crippen molar-refractivity contribution >= 4 is 12.0 Å². The first-order valence-corrected chi connectivity index (χ1v) is 6.33. The zero-order valence-corrected chi connectivity index (χ0v) is 12.5. The maximum Gasteiger partial charge on any atom is 0.315 e. The number of hydrogen-bond donors (Lipinski definition) is 3. The summed E-state index contributed by atoms with van der Waals surface area (Å²) in [6, 6.07) is -0.424. The van der Waals surface area contributed by atoms with Crippen molar-refractivity contribution in [1.29, 1.82) is 0 Å². The number of imidazole rings is 1. The molecule has 3 N–H and O–H groups in total. The number of hydrogen-bond acceptors (Lipinski definition) is 3. The third-order valence-electron chi connectivity index (χ3n) is 3.85. The molecule has 0 radical (unpaired) electrons. The predicted molar refractivity (Wildman–Crippen MR) is 74.1 cm³/mol. The van der Waals surface area contributed by atoms with Gasteiger partial charge in [-0.3, -0.25) is 4.79 Å². The Morgan fingerprint density at radius 2 is 1.95 bits per heavy atom. The van der Waals surface area contributed by atoms with Gasteiger partial charge < -0.3 is 20.3 Å². The molecule has 0 aliphatic rings. The summed E-state index contributed by atoms with van der Waals surface area (Å²) < 4.78 is 1.80. The smallest absolute Gasteiger partial charge is 0.315 e. The van der Waals surface area contributed by atoms with Gasteiger partial charge in [0.1, 0.15) is 5.82 Å². The minimum atomic E-state index is -1.09. The van der Waals surface area contributed by atoms with Crippen molar-refractivity contribution in [2.75, 3.05) is 0 Å². The molecule has 0 unspecified atom stereocenters. The summed E-state index contributed by atoms with van der Waals surface area (Å²) in [6.07, 6.45) is 3.43. The summed E-state index contributed by atoms with van der Waals surface area (Å²) in [5.41, 5.74) is -1.99. The van der Waals surface area contributed by atoms with Gasteiger partial charge in [0, 0.05) is 19.4 Å². The summed E-state index contributed by atoms with van der Waals surface area (Å²) in [4.78, 5) is 27.2. The lowest BCUT2D eigenvalue weighted by atomic mass is 9.74. The van der Waals surface area contributed by atoms with Crippen molar-refractivity contribution in [3.8, 4) is 0 Å². The van der Waals surface area contributed by atoms with E-state index in [2.05, 4.69) is 15.6 Å². The van der Waals surface area contributed by atoms with E-state index in [1.165, 1.54) is 0 Å². The Labute approximate surface area is 118 Å². The fourth-order valence-electron chi connectivity index (χ4n) is 1.48. The summed E-state index contributed by atoms with van der Waals surface area (Å²) in [5, 5.41) is 14.6. The van der Waals surface area contributed by atoms with Gasteiger partial charge in [-0.1, -0.05) is 0 Å². The van der Waals surface area contributed by atoms with Crippen molar-refractivity contribution in [3.05, 3.63) is 18.2 Å². The van der Waals surface area contributed by atoms with Crippen molar-refractivity contribution in [2.45, 2.75) is 39.8 Å². The van der Waals surface area contributed by atoms with E-state index in [0.717, 1.165) is 5.82 Å². The van der Waals surface area contributed by atoms with Crippen molar-refractivity contribution in [2.24, 2.45) is 12.5 Å². The number of carbonyl (C=O) groups excluding carboxylic acids is 1. The lowest BCUT2D eigenvalue weighted by Gasteiger charge is -2.38. The van der Waals surface area contributed by atoms with Crippen LogP contribution in [-0.2, 0) is 18.4 Å². The summed E-state index contributed by atoms with van der Waals surface area (Å²) >= 11 is 0. The molecule has 1 heterocycles. The van der Waals surface area contributed by atoms with E-state index in [1.54, 1.807) is 44.7 Å². The first kappa shape index (κ1) is 16.0. The summed E-state index contributed by atoms with van der Waals surface area (Å²) in [6.45, 7) is 6.80. The van der Waals surface area contributed by atoms with Gasteiger partial charge in [-0.15, -0.1) is 0 Å². The molecular weight excluding hydrogens is 260 g/mol. The molecule has 0 spiro atoms. The number of aliphatic carboxylic acids is 1. The molecule has 0 saturated carbocycles. The lowest BCUT2D eigenvalue weighted by Crippen LogP contribution is -2.59. The molecule has 1 aromatic heterocycles. The van der Waals surface area contributed by atoms with Gasteiger partial charge in [-0.2, -0.15) is 0 Å². The second-order valence-electron chi connectivity index (χ2n) is 5.82. The molecule has 0 aliphatic carbocycles. The summed E-state index contributed by atoms with van der Waals surface area (Å²) in [5.74, 6) is -0.248. The molecule has 0 atom stereocenters. The second kappa shape index (κ2) is 5.52. The van der Waals surface area contributed by atoms with Crippen LogP contribution in [0.3, 0.4) is 0 Å². The number of aromatic nitrogens is 2. The van der Waals surface area contributed by atoms with Gasteiger partial charge in [0.05, 0.1) is 17.5 Å². The lowest BCUT2D eigenvalue weighted by molar-refractivity contribution is -0.150. The number of rotatable bonds is 5. The normalized spacial score (nSPS) is 12.1. The molecule has 0 bridgehead atoms. The highest BCUT2D eigenvalue weighted by atomic mass is 16.4. The number of amides is 2. The minimum Gasteiger partial charge on any atom is -0.481 e. The topological polar surface area (TPSA) is 96.3 Å². The Hall–Kier alpha value is -2.05. The molecule has 1 aromatic rings. The highest BCUT2D eigenvalue weighted by Gasteiger charge is 2.44. The zero-order chi connectivity index (χ0) is 15.6. The first-order valence-electron chi connectivity index (χ1n) is 6.33. The van der Waals surface area contributed by atoms with Crippen molar-refractivity contribution in [3.63, 3.8) is 0 Å². The minimum absolute atomic E-state index is 0.277. The molecule has 0 saturated heterocycles. The van der Waals surface area contributed by atoms with Crippen molar-refractivity contribution in [1.82, 2.24) is 20.2 Å². The molecule has 20 heavy (non-hydrogen) atoms. The Balaban J connectivity index is 2.62. The molecule has 7 nitrogen and oxygen atoms in total. The van der Waals surface area contributed by atoms with Gasteiger partial charge in [-0.25, -0.2) is 9.78 Å². The van der Waals surface area contributed by atoms with E-state index in [-0.39, 0.29) is 6.54 Å². The van der Waals surface area contributed by atoms with Crippen LogP contribution in [0.2, 0.25) is 0 Å². The third-order valence-corrected chi connectivity index (χ3v) is 3.85. The van der Waals surface area contributed by atoms with Gasteiger partial charge in [-0.05, 0) is 27.7 Å². The van der Waals surface area contributed by atoms with Crippen LogP contribution in [0.5, 0.6) is 0 Å². The largest absolute Gasteiger partial charge is 0.481 e. The highest BCUT2D eigenvalue weighted by molar-refractivity contribution is 5.79. The summed E-state index contributed by atoms with van der Waals surface area (Å²) in [7, 11) is 1.83. The monoisotopic (exact) mass is 282 g/mol. The van der Waals surface area contributed by atoms with Gasteiger partial charge in [0.25, 0.3) is 0 Å². The number of urea groups is 1. The van der Waals surface area contributed by atoms with Gasteiger partial charge in [0.15, 0.2) is 0 Å². The van der Waals surface area contributed by atoms with E-state index in [1.807, 2.05) is 7.05 Å². The maximum atomic E-state index is 11.9. The van der Waals surface area contributed by atoms with Crippen LogP contribution < -0.4 is 10.6 Å². The number of carbonyl (C=O) groups is 2. The van der Waals surface area contributed by atoms with E-state index in [0.29, 0.717) is 0 Å². The molecule has 1 rings (SSSR count). The Bertz CT molecular complexity index is 505. The molecule has 0 aliphatic heterocycles. The van der Waals surface area contributed by atoms with Gasteiger partial charge >= 0.3 is 12.0 Å². The Kier molecular flexibility index (Phi) is 4.42. The van der Waals surface area contributed by atoms with Crippen LogP contribution in [0.25, 0.3) is 0 Å². The average molecular weight is 282 g/mol. The Morgan fingerprint density at radius 1 is 1.35 bits per heavy atom. The molecule has 2 amide bonds. The van der Waals surface area contributed by atoms with Crippen LogP contribution in [0.15, 0.2) is 12.4 Å². The van der Waals surface area contributed by atoms with E-state index < -0.39 is 23.0 Å². The number of nitrogens with one attached hydrogen (secondary N) is 2. The number of carboxylic acids is 1. The molecule has 0 aromatic carbocycles. The third kappa shape index (κ3) is 3.28. The van der Waals surface area contributed by atoms with Crippen molar-refractivity contribution < 1.29 is 14.7 Å². The first-order chi connectivity index (χ1) is 9.08. The van der Waals surface area contributed by atoms with Gasteiger partial charge in [0.2, 0.25) is 0 Å². The second-order valence-corrected chi connectivity index (χ2v) is 5.82. The highest BCUT2D eigenvalue weighted by Crippen LogP contribution is 2.30. The molecule has 112 valence electrons. The Morgan fingerprint density at radius 3 is 2.40 bits per heavy atom. The van der Waals surface area contributed by atoms with E-state index >= 15 is 0 Å². The van der Waals surface area contributed by atoms with Crippen LogP contribution in [0, 0.1) is 5.41 Å². The molecule has 7 heteroatoms. The number of carboxylic acid groups (broad SMARTS) is 1. The number of aryl methyl sites for hydroxylation is 1. The van der Waals surface area contributed by atoms with E-state index in [4.69, 9.17) is 0 Å². The van der Waals surface area contributed by atoms with Crippen LogP contribution in [-0.4, -0.2) is 32.2 Å². The molecular formula is C13H22N4O3.